The lowest BCUT2D eigenvalue weighted by atomic mass is 10.3. The summed E-state index contributed by atoms with van der Waals surface area (Å²) in [4.78, 5) is 10.8. The van der Waals surface area contributed by atoms with Crippen LogP contribution in [-0.2, 0) is 14.8 Å². The first-order chi connectivity index (χ1) is 8.31. The van der Waals surface area contributed by atoms with E-state index in [0.29, 0.717) is 5.75 Å². The lowest BCUT2D eigenvalue weighted by Gasteiger charge is -2.10. The Morgan fingerprint density at radius 3 is 2.72 bits per heavy atom. The van der Waals surface area contributed by atoms with Crippen LogP contribution >= 0.6 is 0 Å². The molecule has 0 heterocycles. The second-order valence-corrected chi connectivity index (χ2v) is 5.61. The lowest BCUT2D eigenvalue weighted by molar-refractivity contribution is -0.117. The predicted molar refractivity (Wildman–Crippen MR) is 66.6 cm³/mol. The van der Waals surface area contributed by atoms with Gasteiger partial charge in [0.15, 0.2) is 0 Å². The monoisotopic (exact) mass is 272 g/mol. The fourth-order valence-corrected chi connectivity index (χ4v) is 2.23. The first-order valence-corrected chi connectivity index (χ1v) is 6.81. The van der Waals surface area contributed by atoms with E-state index in [2.05, 4.69) is 0 Å². The van der Waals surface area contributed by atoms with Gasteiger partial charge in [-0.25, -0.2) is 13.1 Å². The maximum Gasteiger partial charge on any atom is 0.264 e. The Balaban J connectivity index is 2.91. The maximum absolute atomic E-state index is 11.7. The summed E-state index contributed by atoms with van der Waals surface area (Å²) in [5, 5.41) is 0. The molecule has 0 aliphatic rings. The van der Waals surface area contributed by atoms with Crippen molar-refractivity contribution >= 4 is 15.9 Å². The molecule has 1 unspecified atom stereocenters. The number of rotatable bonds is 5. The molecule has 1 amide bonds. The Kier molecular flexibility index (Phi) is 4.69. The zero-order chi connectivity index (χ0) is 13.8. The first-order valence-electron chi connectivity index (χ1n) is 5.33. The molecule has 100 valence electrons. The topological polar surface area (TPSA) is 98.5 Å². The summed E-state index contributed by atoms with van der Waals surface area (Å²) < 4.78 is 30.6. The van der Waals surface area contributed by atoms with Crippen molar-refractivity contribution in [3.63, 3.8) is 0 Å². The normalized spacial score (nSPS) is 12.8. The van der Waals surface area contributed by atoms with Gasteiger partial charge in [-0.3, -0.25) is 4.79 Å². The highest BCUT2D eigenvalue weighted by Gasteiger charge is 2.15. The number of carbonyl (C=O) groups excluding carboxylic acids is 1. The fourth-order valence-electron chi connectivity index (χ4n) is 1.21. The third-order valence-electron chi connectivity index (χ3n) is 1.91. The second kappa shape index (κ2) is 5.83. The van der Waals surface area contributed by atoms with Crippen molar-refractivity contribution < 1.29 is 17.9 Å². The average Bonchev–Trinajstić information content (AvgIpc) is 2.25. The van der Waals surface area contributed by atoms with Crippen molar-refractivity contribution in [3.8, 4) is 5.75 Å². The van der Waals surface area contributed by atoms with Crippen molar-refractivity contribution in [2.24, 2.45) is 5.73 Å². The van der Waals surface area contributed by atoms with E-state index in [9.17, 15) is 13.2 Å². The smallest absolute Gasteiger partial charge is 0.264 e. The molecule has 6 nitrogen and oxygen atoms in total. The van der Waals surface area contributed by atoms with Crippen LogP contribution in [0.25, 0.3) is 0 Å². The highest BCUT2D eigenvalue weighted by Crippen LogP contribution is 2.17. The molecular formula is C11H16N2O4S. The van der Waals surface area contributed by atoms with Crippen LogP contribution in [0.5, 0.6) is 5.75 Å². The number of amides is 1. The molecule has 0 spiro atoms. The standard InChI is InChI=1S/C11H16N2O4S/c1-8(12)7-17-10-4-3-5-11(6-10)18(15,16)13-9(2)14/h3-6,8H,7,12H2,1-2H3,(H,13,14). The van der Waals surface area contributed by atoms with Crippen LogP contribution in [0, 0.1) is 0 Å². The number of ether oxygens (including phenoxy) is 1. The van der Waals surface area contributed by atoms with Crippen LogP contribution in [0.15, 0.2) is 29.2 Å². The van der Waals surface area contributed by atoms with Crippen LogP contribution < -0.4 is 15.2 Å². The van der Waals surface area contributed by atoms with Crippen LogP contribution in [-0.4, -0.2) is 27.0 Å². The number of hydrogen-bond donors (Lipinski definition) is 2. The van der Waals surface area contributed by atoms with E-state index in [1.54, 1.807) is 13.0 Å². The summed E-state index contributed by atoms with van der Waals surface area (Å²) in [6.07, 6.45) is 0. The Hall–Kier alpha value is -1.60. The van der Waals surface area contributed by atoms with E-state index >= 15 is 0 Å². The van der Waals surface area contributed by atoms with Gasteiger partial charge >= 0.3 is 0 Å². The summed E-state index contributed by atoms with van der Waals surface area (Å²) in [5.74, 6) is -0.254. The summed E-state index contributed by atoms with van der Waals surface area (Å²) in [6, 6.07) is 5.72. The van der Waals surface area contributed by atoms with Gasteiger partial charge in [-0.2, -0.15) is 0 Å². The van der Waals surface area contributed by atoms with Crippen molar-refractivity contribution in [2.75, 3.05) is 6.61 Å². The summed E-state index contributed by atoms with van der Waals surface area (Å²) >= 11 is 0. The Morgan fingerprint density at radius 1 is 1.50 bits per heavy atom. The molecule has 0 aromatic heterocycles. The fraction of sp³-hybridized carbons (Fsp3) is 0.364. The van der Waals surface area contributed by atoms with Gasteiger partial charge in [0.1, 0.15) is 12.4 Å². The molecule has 0 aliphatic heterocycles. The minimum atomic E-state index is -3.83. The maximum atomic E-state index is 11.7. The van der Waals surface area contributed by atoms with Crippen molar-refractivity contribution in [2.45, 2.75) is 24.8 Å². The van der Waals surface area contributed by atoms with E-state index in [-0.39, 0.29) is 17.5 Å². The molecule has 1 rings (SSSR count). The van der Waals surface area contributed by atoms with Gasteiger partial charge in [0, 0.05) is 19.0 Å². The van der Waals surface area contributed by atoms with Crippen molar-refractivity contribution in [3.05, 3.63) is 24.3 Å². The zero-order valence-corrected chi connectivity index (χ0v) is 11.0. The summed E-state index contributed by atoms with van der Waals surface area (Å²) in [6.45, 7) is 3.19. The van der Waals surface area contributed by atoms with E-state index in [1.807, 2.05) is 4.72 Å². The highest BCUT2D eigenvalue weighted by molar-refractivity contribution is 7.90. The Bertz CT molecular complexity index is 526. The van der Waals surface area contributed by atoms with Crippen molar-refractivity contribution in [1.82, 2.24) is 4.72 Å². The molecule has 0 radical (unpaired) electrons. The van der Waals surface area contributed by atoms with Crippen molar-refractivity contribution in [1.29, 1.82) is 0 Å². The quantitative estimate of drug-likeness (QED) is 0.800. The first kappa shape index (κ1) is 14.5. The van der Waals surface area contributed by atoms with Gasteiger partial charge in [0.05, 0.1) is 4.90 Å². The molecule has 18 heavy (non-hydrogen) atoms. The predicted octanol–water partition coefficient (Wildman–Crippen LogP) is 0.237. The Labute approximate surface area is 106 Å². The highest BCUT2D eigenvalue weighted by atomic mass is 32.2. The number of sulfonamides is 1. The molecule has 0 saturated carbocycles. The number of benzene rings is 1. The number of nitrogens with two attached hydrogens (primary N) is 1. The van der Waals surface area contributed by atoms with Gasteiger partial charge < -0.3 is 10.5 Å². The molecule has 7 heteroatoms. The third kappa shape index (κ3) is 4.34. The summed E-state index contributed by atoms with van der Waals surface area (Å²) in [5.41, 5.74) is 5.53. The van der Waals surface area contributed by atoms with E-state index in [1.165, 1.54) is 18.2 Å². The van der Waals surface area contributed by atoms with Gasteiger partial charge in [-0.1, -0.05) is 6.07 Å². The third-order valence-corrected chi connectivity index (χ3v) is 3.34. The number of hydrogen-bond acceptors (Lipinski definition) is 5. The lowest BCUT2D eigenvalue weighted by Crippen LogP contribution is -2.28. The van der Waals surface area contributed by atoms with Crippen LogP contribution in [0.1, 0.15) is 13.8 Å². The average molecular weight is 272 g/mol. The SMILES string of the molecule is CC(=O)NS(=O)(=O)c1cccc(OCC(C)N)c1. The minimum Gasteiger partial charge on any atom is -0.492 e. The molecule has 1 aromatic rings. The van der Waals surface area contributed by atoms with E-state index in [4.69, 9.17) is 10.5 Å². The van der Waals surface area contributed by atoms with Crippen LogP contribution in [0.2, 0.25) is 0 Å². The molecular weight excluding hydrogens is 256 g/mol. The molecule has 0 saturated heterocycles. The van der Waals surface area contributed by atoms with Crippen LogP contribution in [0.3, 0.4) is 0 Å². The van der Waals surface area contributed by atoms with Crippen LogP contribution in [0.4, 0.5) is 0 Å². The minimum absolute atomic E-state index is 0.0279. The van der Waals surface area contributed by atoms with Gasteiger partial charge in [-0.15, -0.1) is 0 Å². The summed E-state index contributed by atoms with van der Waals surface area (Å²) in [7, 11) is -3.83. The van der Waals surface area contributed by atoms with Gasteiger partial charge in [0.25, 0.3) is 10.0 Å². The molecule has 0 bridgehead atoms. The number of nitrogens with one attached hydrogen (secondary N) is 1. The molecule has 1 aromatic carbocycles. The number of carbonyl (C=O) groups is 1. The molecule has 0 fully saturated rings. The molecule has 1 atom stereocenters. The molecule has 0 aliphatic carbocycles. The Morgan fingerprint density at radius 2 is 2.17 bits per heavy atom. The van der Waals surface area contributed by atoms with E-state index in [0.717, 1.165) is 6.92 Å². The van der Waals surface area contributed by atoms with Gasteiger partial charge in [-0.05, 0) is 19.1 Å². The zero-order valence-electron chi connectivity index (χ0n) is 10.2. The largest absolute Gasteiger partial charge is 0.492 e. The van der Waals surface area contributed by atoms with E-state index < -0.39 is 15.9 Å². The second-order valence-electron chi connectivity index (χ2n) is 3.92. The molecule has 3 N–H and O–H groups in total. The van der Waals surface area contributed by atoms with Gasteiger partial charge in [0.2, 0.25) is 5.91 Å².